The molecule has 168 valence electrons. The van der Waals surface area contributed by atoms with E-state index < -0.39 is 0 Å². The Balaban J connectivity index is 1.76. The minimum atomic E-state index is 0.110. The van der Waals surface area contributed by atoms with Crippen LogP contribution in [0.4, 0.5) is 0 Å². The molecule has 1 N–H and O–H groups in total. The van der Waals surface area contributed by atoms with Crippen LogP contribution in [0.25, 0.3) is 0 Å². The van der Waals surface area contributed by atoms with E-state index in [0.717, 1.165) is 38.9 Å². The van der Waals surface area contributed by atoms with Crippen LogP contribution in [-0.2, 0) is 4.74 Å². The van der Waals surface area contributed by atoms with Crippen LogP contribution >= 0.6 is 0 Å². The first-order valence-electron chi connectivity index (χ1n) is 11.5. The molecule has 0 radical (unpaired) electrons. The molecule has 1 aromatic carbocycles. The van der Waals surface area contributed by atoms with E-state index in [1.165, 1.54) is 32.1 Å². The van der Waals surface area contributed by atoms with E-state index in [1.54, 1.807) is 14.2 Å². The molecule has 0 unspecified atom stereocenters. The number of carbonyl (C=O) groups excluding carboxylic acids is 1. The van der Waals surface area contributed by atoms with Gasteiger partial charge in [0.15, 0.2) is 11.5 Å². The summed E-state index contributed by atoms with van der Waals surface area (Å²) in [4.78, 5) is 15.8. The maximum Gasteiger partial charge on any atom is 0.254 e. The van der Waals surface area contributed by atoms with E-state index >= 15 is 0 Å². The lowest BCUT2D eigenvalue weighted by molar-refractivity contribution is 0.0588. The standard InChI is InChI=1S/C24H38N2O4/c1-28-14-7-15-30-23-16-20(11-12-22(23)29-2)24(27)26(21-10-6-13-25-17-21)18-19-8-4-3-5-9-19/h11-12,16,19,21,25H,3-10,13-15,17-18H2,1-2H3/t21-/m1/s1. The van der Waals surface area contributed by atoms with E-state index in [-0.39, 0.29) is 11.9 Å². The Kier molecular flexibility index (Phi) is 9.27. The highest BCUT2D eigenvalue weighted by molar-refractivity contribution is 5.95. The monoisotopic (exact) mass is 418 g/mol. The van der Waals surface area contributed by atoms with Crippen molar-refractivity contribution in [1.82, 2.24) is 10.2 Å². The third-order valence-electron chi connectivity index (χ3n) is 6.31. The lowest BCUT2D eigenvalue weighted by Crippen LogP contribution is -2.50. The minimum Gasteiger partial charge on any atom is -0.493 e. The van der Waals surface area contributed by atoms with Gasteiger partial charge in [-0.2, -0.15) is 0 Å². The average Bonchev–Trinajstić information content (AvgIpc) is 2.81. The predicted octanol–water partition coefficient (Wildman–Crippen LogP) is 3.89. The quantitative estimate of drug-likeness (QED) is 0.584. The summed E-state index contributed by atoms with van der Waals surface area (Å²) in [5, 5.41) is 3.48. The maximum atomic E-state index is 13.6. The van der Waals surface area contributed by atoms with Gasteiger partial charge in [0.1, 0.15) is 0 Å². The van der Waals surface area contributed by atoms with Crippen LogP contribution in [0.3, 0.4) is 0 Å². The minimum absolute atomic E-state index is 0.110. The van der Waals surface area contributed by atoms with Gasteiger partial charge < -0.3 is 24.4 Å². The number of nitrogens with one attached hydrogen (secondary N) is 1. The summed E-state index contributed by atoms with van der Waals surface area (Å²) in [5.74, 6) is 2.01. The fourth-order valence-electron chi connectivity index (χ4n) is 4.62. The third-order valence-corrected chi connectivity index (χ3v) is 6.31. The molecule has 3 rings (SSSR count). The molecule has 0 spiro atoms. The number of benzene rings is 1. The summed E-state index contributed by atoms with van der Waals surface area (Å²) in [7, 11) is 3.31. The average molecular weight is 419 g/mol. The zero-order chi connectivity index (χ0) is 21.2. The molecular formula is C24H38N2O4. The Morgan fingerprint density at radius 1 is 1.07 bits per heavy atom. The summed E-state index contributed by atoms with van der Waals surface area (Å²) in [6.45, 7) is 3.96. The van der Waals surface area contributed by atoms with Crippen LogP contribution in [0.15, 0.2) is 18.2 Å². The molecule has 2 fully saturated rings. The summed E-state index contributed by atoms with van der Waals surface area (Å²) in [5.41, 5.74) is 0.680. The van der Waals surface area contributed by atoms with E-state index in [9.17, 15) is 4.79 Å². The van der Waals surface area contributed by atoms with Crippen LogP contribution in [0, 0.1) is 5.92 Å². The Hall–Kier alpha value is -1.79. The van der Waals surface area contributed by atoms with Gasteiger partial charge in [0.25, 0.3) is 5.91 Å². The molecule has 6 heteroatoms. The van der Waals surface area contributed by atoms with E-state index in [4.69, 9.17) is 14.2 Å². The number of hydrogen-bond donors (Lipinski definition) is 1. The molecule has 1 amide bonds. The first-order chi connectivity index (χ1) is 14.7. The number of ether oxygens (including phenoxy) is 3. The van der Waals surface area contributed by atoms with Gasteiger partial charge in [-0.25, -0.2) is 0 Å². The van der Waals surface area contributed by atoms with E-state index in [1.807, 2.05) is 18.2 Å². The largest absolute Gasteiger partial charge is 0.493 e. The number of amides is 1. The van der Waals surface area contributed by atoms with E-state index in [2.05, 4.69) is 10.2 Å². The molecular weight excluding hydrogens is 380 g/mol. The molecule has 30 heavy (non-hydrogen) atoms. The fourth-order valence-corrected chi connectivity index (χ4v) is 4.62. The Labute approximate surface area is 181 Å². The number of rotatable bonds is 10. The highest BCUT2D eigenvalue weighted by atomic mass is 16.5. The number of hydrogen-bond acceptors (Lipinski definition) is 5. The van der Waals surface area contributed by atoms with Crippen LogP contribution in [0.5, 0.6) is 11.5 Å². The molecule has 1 aliphatic heterocycles. The molecule has 1 saturated carbocycles. The van der Waals surface area contributed by atoms with Crippen molar-refractivity contribution >= 4 is 5.91 Å². The van der Waals surface area contributed by atoms with Crippen molar-refractivity contribution in [1.29, 1.82) is 0 Å². The van der Waals surface area contributed by atoms with Gasteiger partial charge in [-0.05, 0) is 56.3 Å². The second kappa shape index (κ2) is 12.2. The molecule has 6 nitrogen and oxygen atoms in total. The molecule has 2 aliphatic rings. The molecule has 0 aromatic heterocycles. The predicted molar refractivity (Wildman–Crippen MR) is 118 cm³/mol. The third kappa shape index (κ3) is 6.35. The van der Waals surface area contributed by atoms with Gasteiger partial charge in [-0.3, -0.25) is 4.79 Å². The molecule has 0 bridgehead atoms. The van der Waals surface area contributed by atoms with Gasteiger partial charge in [0, 0.05) is 44.8 Å². The number of nitrogens with zero attached hydrogens (tertiary/aromatic N) is 1. The van der Waals surface area contributed by atoms with Crippen molar-refractivity contribution in [2.24, 2.45) is 5.92 Å². The smallest absolute Gasteiger partial charge is 0.254 e. The van der Waals surface area contributed by atoms with Gasteiger partial charge in [0.05, 0.1) is 13.7 Å². The number of piperidine rings is 1. The lowest BCUT2D eigenvalue weighted by atomic mass is 9.88. The van der Waals surface area contributed by atoms with Gasteiger partial charge in [0.2, 0.25) is 0 Å². The molecule has 1 saturated heterocycles. The second-order valence-corrected chi connectivity index (χ2v) is 8.52. The topological polar surface area (TPSA) is 60.0 Å². The summed E-state index contributed by atoms with van der Waals surface area (Å²) >= 11 is 0. The van der Waals surface area contributed by atoms with Gasteiger partial charge in [-0.15, -0.1) is 0 Å². The van der Waals surface area contributed by atoms with Crippen LogP contribution in [0.1, 0.15) is 61.7 Å². The molecule has 1 aliphatic carbocycles. The van der Waals surface area contributed by atoms with Crippen molar-refractivity contribution in [3.05, 3.63) is 23.8 Å². The van der Waals surface area contributed by atoms with Crippen molar-refractivity contribution in [3.63, 3.8) is 0 Å². The number of methoxy groups -OCH3 is 2. The highest BCUT2D eigenvalue weighted by Gasteiger charge is 2.29. The molecule has 1 heterocycles. The van der Waals surface area contributed by atoms with Crippen molar-refractivity contribution in [2.75, 3.05) is 47.1 Å². The van der Waals surface area contributed by atoms with Gasteiger partial charge in [-0.1, -0.05) is 19.3 Å². The molecule has 1 atom stereocenters. The van der Waals surface area contributed by atoms with Crippen LogP contribution in [-0.4, -0.2) is 63.9 Å². The summed E-state index contributed by atoms with van der Waals surface area (Å²) in [6, 6.07) is 5.82. The maximum absolute atomic E-state index is 13.6. The first kappa shape index (κ1) is 22.9. The lowest BCUT2D eigenvalue weighted by Gasteiger charge is -2.38. The molecule has 1 aromatic rings. The SMILES string of the molecule is COCCCOc1cc(C(=O)N(CC2CCCCC2)[C@@H]2CCCNC2)ccc1OC. The van der Waals surface area contributed by atoms with Crippen molar-refractivity contribution in [2.45, 2.75) is 57.4 Å². The number of carbonyl (C=O) groups is 1. The normalized spacial score (nSPS) is 20.0. The second-order valence-electron chi connectivity index (χ2n) is 8.52. The highest BCUT2D eigenvalue weighted by Crippen LogP contribution is 2.31. The van der Waals surface area contributed by atoms with Gasteiger partial charge >= 0.3 is 0 Å². The first-order valence-corrected chi connectivity index (χ1v) is 11.5. The van der Waals surface area contributed by atoms with Crippen LogP contribution < -0.4 is 14.8 Å². The van der Waals surface area contributed by atoms with Crippen molar-refractivity contribution in [3.8, 4) is 11.5 Å². The zero-order valence-corrected chi connectivity index (χ0v) is 18.7. The summed E-state index contributed by atoms with van der Waals surface area (Å²) in [6.07, 6.45) is 9.37. The summed E-state index contributed by atoms with van der Waals surface area (Å²) < 4.78 is 16.4. The Morgan fingerprint density at radius 2 is 1.90 bits per heavy atom. The Bertz CT molecular complexity index is 655. The fraction of sp³-hybridized carbons (Fsp3) is 0.708. The van der Waals surface area contributed by atoms with Crippen LogP contribution in [0.2, 0.25) is 0 Å². The van der Waals surface area contributed by atoms with Crippen molar-refractivity contribution < 1.29 is 19.0 Å². The Morgan fingerprint density at radius 3 is 2.60 bits per heavy atom. The van der Waals surface area contributed by atoms with E-state index in [0.29, 0.717) is 36.2 Å². The zero-order valence-electron chi connectivity index (χ0n) is 18.7.